The van der Waals surface area contributed by atoms with Crippen molar-refractivity contribution in [1.29, 1.82) is 0 Å². The van der Waals surface area contributed by atoms with Crippen molar-refractivity contribution in [3.05, 3.63) is 23.3 Å². The molecular formula is C14H20N2O. The molecule has 92 valence electrons. The van der Waals surface area contributed by atoms with Crippen molar-refractivity contribution >= 4 is 5.69 Å². The fraction of sp³-hybridized carbons (Fsp3) is 0.571. The standard InChI is InChI=1S/C14H20N2O/c1-16-9-6-10-12(16)5-4-11(13(10)17)14(15)7-2-3-8-14/h4-5,17H,2-3,6-9,15H2,1H3. The van der Waals surface area contributed by atoms with Crippen molar-refractivity contribution in [3.8, 4) is 5.75 Å². The lowest BCUT2D eigenvalue weighted by atomic mass is 9.87. The third-order valence-corrected chi connectivity index (χ3v) is 4.40. The van der Waals surface area contributed by atoms with Gasteiger partial charge < -0.3 is 15.7 Å². The minimum atomic E-state index is -0.291. The van der Waals surface area contributed by atoms with Gasteiger partial charge in [-0.3, -0.25) is 0 Å². The smallest absolute Gasteiger partial charge is 0.125 e. The number of hydrogen-bond donors (Lipinski definition) is 2. The van der Waals surface area contributed by atoms with E-state index in [1.54, 1.807) is 0 Å². The molecule has 0 amide bonds. The van der Waals surface area contributed by atoms with Crippen molar-refractivity contribution in [2.75, 3.05) is 18.5 Å². The van der Waals surface area contributed by atoms with Crippen molar-refractivity contribution in [2.24, 2.45) is 5.73 Å². The summed E-state index contributed by atoms with van der Waals surface area (Å²) in [5.41, 5.74) is 9.35. The van der Waals surface area contributed by atoms with Crippen LogP contribution in [0.15, 0.2) is 12.1 Å². The number of benzene rings is 1. The highest BCUT2D eigenvalue weighted by molar-refractivity contribution is 5.65. The fourth-order valence-electron chi connectivity index (χ4n) is 3.31. The summed E-state index contributed by atoms with van der Waals surface area (Å²) in [6.45, 7) is 0.990. The molecule has 3 rings (SSSR count). The number of hydrogen-bond acceptors (Lipinski definition) is 3. The first kappa shape index (κ1) is 10.9. The van der Waals surface area contributed by atoms with Gasteiger partial charge in [-0.15, -0.1) is 0 Å². The molecule has 1 fully saturated rings. The first-order chi connectivity index (χ1) is 8.12. The lowest BCUT2D eigenvalue weighted by Gasteiger charge is -2.26. The highest BCUT2D eigenvalue weighted by Crippen LogP contribution is 2.45. The number of phenolic OH excluding ortho intramolecular Hbond substituents is 1. The van der Waals surface area contributed by atoms with Crippen molar-refractivity contribution in [3.63, 3.8) is 0 Å². The first-order valence-electron chi connectivity index (χ1n) is 6.47. The Hall–Kier alpha value is -1.22. The van der Waals surface area contributed by atoms with Gasteiger partial charge in [-0.25, -0.2) is 0 Å². The normalized spacial score (nSPS) is 21.9. The summed E-state index contributed by atoms with van der Waals surface area (Å²) in [6.07, 6.45) is 5.27. The maximum absolute atomic E-state index is 10.4. The zero-order chi connectivity index (χ0) is 12.0. The predicted octanol–water partition coefficient (Wildman–Crippen LogP) is 2.11. The number of anilines is 1. The monoisotopic (exact) mass is 232 g/mol. The van der Waals surface area contributed by atoms with Gasteiger partial charge in [-0.1, -0.05) is 18.9 Å². The van der Waals surface area contributed by atoms with Gasteiger partial charge in [0.25, 0.3) is 0 Å². The SMILES string of the molecule is CN1CCc2c1ccc(C1(N)CCCC1)c2O. The molecule has 1 aromatic rings. The molecule has 0 saturated heterocycles. The maximum Gasteiger partial charge on any atom is 0.125 e. The fourth-order valence-corrected chi connectivity index (χ4v) is 3.31. The highest BCUT2D eigenvalue weighted by atomic mass is 16.3. The molecule has 17 heavy (non-hydrogen) atoms. The van der Waals surface area contributed by atoms with E-state index in [0.29, 0.717) is 5.75 Å². The Balaban J connectivity index is 2.08. The molecular weight excluding hydrogens is 212 g/mol. The van der Waals surface area contributed by atoms with Crippen LogP contribution in [0.4, 0.5) is 5.69 Å². The molecule has 0 unspecified atom stereocenters. The quantitative estimate of drug-likeness (QED) is 0.779. The molecule has 0 spiro atoms. The van der Waals surface area contributed by atoms with E-state index in [2.05, 4.69) is 18.0 Å². The molecule has 1 aliphatic heterocycles. The van der Waals surface area contributed by atoms with E-state index in [4.69, 9.17) is 5.73 Å². The van der Waals surface area contributed by atoms with E-state index < -0.39 is 0 Å². The molecule has 0 atom stereocenters. The highest BCUT2D eigenvalue weighted by Gasteiger charge is 2.35. The Bertz CT molecular complexity index is 450. The number of nitrogens with zero attached hydrogens (tertiary/aromatic N) is 1. The van der Waals surface area contributed by atoms with Crippen LogP contribution < -0.4 is 10.6 Å². The zero-order valence-corrected chi connectivity index (χ0v) is 10.4. The van der Waals surface area contributed by atoms with E-state index in [9.17, 15) is 5.11 Å². The predicted molar refractivity (Wildman–Crippen MR) is 69.4 cm³/mol. The van der Waals surface area contributed by atoms with Gasteiger partial charge in [-0.2, -0.15) is 0 Å². The second-order valence-electron chi connectivity index (χ2n) is 5.49. The number of rotatable bonds is 1. The third kappa shape index (κ3) is 1.53. The molecule has 0 aromatic heterocycles. The molecule has 2 aliphatic rings. The summed E-state index contributed by atoms with van der Waals surface area (Å²) < 4.78 is 0. The van der Waals surface area contributed by atoms with E-state index in [-0.39, 0.29) is 5.54 Å². The summed E-state index contributed by atoms with van der Waals surface area (Å²) in [7, 11) is 2.07. The lowest BCUT2D eigenvalue weighted by Crippen LogP contribution is -2.33. The van der Waals surface area contributed by atoms with Gasteiger partial charge in [-0.05, 0) is 25.3 Å². The summed E-state index contributed by atoms with van der Waals surface area (Å²) in [6, 6.07) is 4.14. The molecule has 1 aromatic carbocycles. The molecule has 0 bridgehead atoms. The topological polar surface area (TPSA) is 49.5 Å². The number of phenols is 1. The minimum absolute atomic E-state index is 0.291. The number of fused-ring (bicyclic) bond motifs is 1. The second-order valence-corrected chi connectivity index (χ2v) is 5.49. The van der Waals surface area contributed by atoms with Crippen LogP contribution >= 0.6 is 0 Å². The van der Waals surface area contributed by atoms with Crippen LogP contribution in [0.5, 0.6) is 5.75 Å². The zero-order valence-electron chi connectivity index (χ0n) is 10.4. The lowest BCUT2D eigenvalue weighted by molar-refractivity contribution is 0.406. The number of nitrogens with two attached hydrogens (primary N) is 1. The van der Waals surface area contributed by atoms with Crippen LogP contribution in [0.2, 0.25) is 0 Å². The van der Waals surface area contributed by atoms with Crippen LogP contribution in [0.25, 0.3) is 0 Å². The van der Waals surface area contributed by atoms with Crippen LogP contribution in [0, 0.1) is 0 Å². The van der Waals surface area contributed by atoms with Crippen LogP contribution in [0.3, 0.4) is 0 Å². The number of aromatic hydroxyl groups is 1. The van der Waals surface area contributed by atoms with Gasteiger partial charge in [0.1, 0.15) is 5.75 Å². The molecule has 3 heteroatoms. The Morgan fingerprint density at radius 2 is 2.00 bits per heavy atom. The molecule has 1 aliphatic carbocycles. The van der Waals surface area contributed by atoms with Gasteiger partial charge >= 0.3 is 0 Å². The summed E-state index contributed by atoms with van der Waals surface area (Å²) >= 11 is 0. The second kappa shape index (κ2) is 3.64. The molecule has 1 saturated carbocycles. The summed E-state index contributed by atoms with van der Waals surface area (Å²) in [5.74, 6) is 0.455. The van der Waals surface area contributed by atoms with E-state index in [1.165, 1.54) is 12.8 Å². The van der Waals surface area contributed by atoms with Gasteiger partial charge in [0.15, 0.2) is 0 Å². The summed E-state index contributed by atoms with van der Waals surface area (Å²) in [4.78, 5) is 2.19. The van der Waals surface area contributed by atoms with E-state index in [0.717, 1.165) is 42.6 Å². The minimum Gasteiger partial charge on any atom is -0.507 e. The molecule has 0 radical (unpaired) electrons. The Morgan fingerprint density at radius 1 is 1.29 bits per heavy atom. The Morgan fingerprint density at radius 3 is 2.71 bits per heavy atom. The maximum atomic E-state index is 10.4. The van der Waals surface area contributed by atoms with Crippen LogP contribution in [-0.4, -0.2) is 18.7 Å². The summed E-state index contributed by atoms with van der Waals surface area (Å²) in [5, 5.41) is 10.4. The Labute approximate surface area is 102 Å². The van der Waals surface area contributed by atoms with Crippen LogP contribution in [-0.2, 0) is 12.0 Å². The third-order valence-electron chi connectivity index (χ3n) is 4.40. The molecule has 3 N–H and O–H groups in total. The van der Waals surface area contributed by atoms with Crippen molar-refractivity contribution in [1.82, 2.24) is 0 Å². The van der Waals surface area contributed by atoms with Crippen LogP contribution in [0.1, 0.15) is 36.8 Å². The average molecular weight is 232 g/mol. The van der Waals surface area contributed by atoms with Crippen molar-refractivity contribution in [2.45, 2.75) is 37.6 Å². The van der Waals surface area contributed by atoms with E-state index in [1.807, 2.05) is 6.07 Å². The largest absolute Gasteiger partial charge is 0.507 e. The van der Waals surface area contributed by atoms with Gasteiger partial charge in [0.05, 0.1) is 0 Å². The molecule has 3 nitrogen and oxygen atoms in total. The van der Waals surface area contributed by atoms with Gasteiger partial charge in [0.2, 0.25) is 0 Å². The Kier molecular flexibility index (Phi) is 2.33. The number of likely N-dealkylation sites (N-methyl/N-ethyl adjacent to an activating group) is 1. The van der Waals surface area contributed by atoms with Crippen molar-refractivity contribution < 1.29 is 5.11 Å². The molecule has 1 heterocycles. The van der Waals surface area contributed by atoms with Gasteiger partial charge in [0, 0.05) is 35.9 Å². The first-order valence-corrected chi connectivity index (χ1v) is 6.47. The van der Waals surface area contributed by atoms with E-state index >= 15 is 0 Å². The average Bonchev–Trinajstić information content (AvgIpc) is 2.88.